The number of anilines is 1. The van der Waals surface area contributed by atoms with Gasteiger partial charge in [0.05, 0.1) is 13.2 Å². The Labute approximate surface area is 123 Å². The Morgan fingerprint density at radius 2 is 1.60 bits per heavy atom. The predicted molar refractivity (Wildman–Crippen MR) is 79.4 cm³/mol. The first-order valence-electron chi connectivity index (χ1n) is 6.29. The molecule has 6 heteroatoms. The standard InChI is InChI=1S/C14H17NO4S/c1-3-18-13(16)11(14(17)19-4-2)12(20)15-10-8-6-5-7-9-10/h5-9,11H,3-4H2,1-2H3,(H,15,20). The number of carbonyl (C=O) groups is 2. The van der Waals surface area contributed by atoms with E-state index in [1.807, 2.05) is 18.2 Å². The van der Waals surface area contributed by atoms with Crippen molar-refractivity contribution in [2.45, 2.75) is 13.8 Å². The van der Waals surface area contributed by atoms with E-state index in [0.29, 0.717) is 5.69 Å². The number of carbonyl (C=O) groups excluding carboxylic acids is 2. The van der Waals surface area contributed by atoms with Gasteiger partial charge in [0.25, 0.3) is 0 Å². The van der Waals surface area contributed by atoms with Gasteiger partial charge in [-0.2, -0.15) is 0 Å². The lowest BCUT2D eigenvalue weighted by Crippen LogP contribution is -2.37. The van der Waals surface area contributed by atoms with Crippen LogP contribution in [0.3, 0.4) is 0 Å². The highest BCUT2D eigenvalue weighted by atomic mass is 32.1. The number of hydrogen-bond donors (Lipinski definition) is 1. The molecule has 0 radical (unpaired) electrons. The second-order valence-corrected chi connectivity index (χ2v) is 4.23. The fourth-order valence-electron chi connectivity index (χ4n) is 1.50. The van der Waals surface area contributed by atoms with Crippen molar-refractivity contribution in [1.29, 1.82) is 0 Å². The van der Waals surface area contributed by atoms with Crippen LogP contribution in [0.25, 0.3) is 0 Å². The molecular formula is C14H17NO4S. The SMILES string of the molecule is CCOC(=O)C(C(=O)OCC)C(=S)Nc1ccccc1. The quantitative estimate of drug-likeness (QED) is 0.493. The van der Waals surface area contributed by atoms with Gasteiger partial charge in [0, 0.05) is 5.69 Å². The summed E-state index contributed by atoms with van der Waals surface area (Å²) in [4.78, 5) is 23.7. The second kappa shape index (κ2) is 8.27. The Balaban J connectivity index is 2.84. The summed E-state index contributed by atoms with van der Waals surface area (Å²) in [6.07, 6.45) is 0. The molecule has 20 heavy (non-hydrogen) atoms. The molecular weight excluding hydrogens is 278 g/mol. The van der Waals surface area contributed by atoms with Gasteiger partial charge in [0.15, 0.2) is 0 Å². The molecule has 0 saturated carbocycles. The van der Waals surface area contributed by atoms with Gasteiger partial charge in [-0.3, -0.25) is 9.59 Å². The van der Waals surface area contributed by atoms with Gasteiger partial charge in [-0.25, -0.2) is 0 Å². The van der Waals surface area contributed by atoms with Crippen molar-refractivity contribution < 1.29 is 19.1 Å². The average Bonchev–Trinajstić information content (AvgIpc) is 2.40. The summed E-state index contributed by atoms with van der Waals surface area (Å²) in [6, 6.07) is 9.03. The molecule has 0 bridgehead atoms. The highest BCUT2D eigenvalue weighted by molar-refractivity contribution is 7.80. The first-order chi connectivity index (χ1) is 9.60. The number of benzene rings is 1. The van der Waals surface area contributed by atoms with Crippen LogP contribution in [0.2, 0.25) is 0 Å². The molecule has 108 valence electrons. The zero-order chi connectivity index (χ0) is 15.0. The summed E-state index contributed by atoms with van der Waals surface area (Å²) in [5.74, 6) is -2.66. The van der Waals surface area contributed by atoms with Crippen LogP contribution in [0.4, 0.5) is 5.69 Å². The predicted octanol–water partition coefficient (Wildman–Crippen LogP) is 2.17. The first kappa shape index (κ1) is 16.1. The third kappa shape index (κ3) is 4.62. The second-order valence-electron chi connectivity index (χ2n) is 3.79. The molecule has 1 N–H and O–H groups in total. The molecule has 1 aromatic carbocycles. The van der Waals surface area contributed by atoms with E-state index in [4.69, 9.17) is 21.7 Å². The molecule has 0 aliphatic heterocycles. The minimum absolute atomic E-state index is 0.0631. The normalized spacial score (nSPS) is 9.95. The fraction of sp³-hybridized carbons (Fsp3) is 0.357. The number of nitrogens with one attached hydrogen (secondary N) is 1. The number of esters is 2. The fourth-order valence-corrected chi connectivity index (χ4v) is 1.81. The zero-order valence-corrected chi connectivity index (χ0v) is 12.2. The molecule has 1 rings (SSSR count). The van der Waals surface area contributed by atoms with Crippen LogP contribution in [0, 0.1) is 5.92 Å². The topological polar surface area (TPSA) is 64.6 Å². The number of para-hydroxylation sites is 1. The van der Waals surface area contributed by atoms with Crippen molar-refractivity contribution in [3.8, 4) is 0 Å². The summed E-state index contributed by atoms with van der Waals surface area (Å²) in [7, 11) is 0. The van der Waals surface area contributed by atoms with E-state index in [2.05, 4.69) is 5.32 Å². The molecule has 5 nitrogen and oxygen atoms in total. The minimum atomic E-state index is -1.25. The van der Waals surface area contributed by atoms with Gasteiger partial charge in [0.2, 0.25) is 5.92 Å². The largest absolute Gasteiger partial charge is 0.465 e. The molecule has 0 heterocycles. The van der Waals surface area contributed by atoms with Gasteiger partial charge >= 0.3 is 11.9 Å². The molecule has 0 aliphatic carbocycles. The molecule has 0 saturated heterocycles. The molecule has 0 amide bonds. The van der Waals surface area contributed by atoms with Crippen molar-refractivity contribution in [1.82, 2.24) is 0 Å². The van der Waals surface area contributed by atoms with Crippen LogP contribution in [0.5, 0.6) is 0 Å². The first-order valence-corrected chi connectivity index (χ1v) is 6.70. The summed E-state index contributed by atoms with van der Waals surface area (Å²) in [5, 5.41) is 2.85. The third-order valence-corrected chi connectivity index (χ3v) is 2.69. The average molecular weight is 295 g/mol. The zero-order valence-electron chi connectivity index (χ0n) is 11.4. The molecule has 0 aliphatic rings. The van der Waals surface area contributed by atoms with Gasteiger partial charge in [-0.15, -0.1) is 0 Å². The third-order valence-electron chi connectivity index (χ3n) is 2.35. The lowest BCUT2D eigenvalue weighted by atomic mass is 10.1. The summed E-state index contributed by atoms with van der Waals surface area (Å²) < 4.78 is 9.73. The molecule has 1 aromatic rings. The van der Waals surface area contributed by atoms with E-state index >= 15 is 0 Å². The van der Waals surface area contributed by atoms with Crippen LogP contribution >= 0.6 is 12.2 Å². The van der Waals surface area contributed by atoms with Gasteiger partial charge in [-0.1, -0.05) is 30.4 Å². The minimum Gasteiger partial charge on any atom is -0.465 e. The van der Waals surface area contributed by atoms with Crippen LogP contribution in [-0.4, -0.2) is 30.1 Å². The molecule has 0 unspecified atom stereocenters. The van der Waals surface area contributed by atoms with Gasteiger partial charge < -0.3 is 14.8 Å². The maximum Gasteiger partial charge on any atom is 0.327 e. The lowest BCUT2D eigenvalue weighted by Gasteiger charge is -2.16. The maximum absolute atomic E-state index is 11.8. The van der Waals surface area contributed by atoms with Crippen LogP contribution in [0.1, 0.15) is 13.8 Å². The van der Waals surface area contributed by atoms with Crippen molar-refractivity contribution in [2.75, 3.05) is 18.5 Å². The number of rotatable bonds is 6. The Morgan fingerprint density at radius 1 is 1.10 bits per heavy atom. The number of ether oxygens (including phenoxy) is 2. The maximum atomic E-state index is 11.8. The Morgan fingerprint density at radius 3 is 2.05 bits per heavy atom. The van der Waals surface area contributed by atoms with Crippen molar-refractivity contribution in [2.24, 2.45) is 5.92 Å². The summed E-state index contributed by atoms with van der Waals surface area (Å²) >= 11 is 5.13. The molecule has 0 spiro atoms. The van der Waals surface area contributed by atoms with Gasteiger partial charge in [-0.05, 0) is 26.0 Å². The summed E-state index contributed by atoms with van der Waals surface area (Å²) in [6.45, 7) is 3.66. The number of hydrogen-bond acceptors (Lipinski definition) is 5. The van der Waals surface area contributed by atoms with E-state index in [1.54, 1.807) is 26.0 Å². The Bertz CT molecular complexity index is 457. The van der Waals surface area contributed by atoms with Gasteiger partial charge in [0.1, 0.15) is 4.99 Å². The summed E-state index contributed by atoms with van der Waals surface area (Å²) in [5.41, 5.74) is 0.691. The van der Waals surface area contributed by atoms with Crippen molar-refractivity contribution >= 4 is 34.8 Å². The highest BCUT2D eigenvalue weighted by Gasteiger charge is 2.34. The smallest absolute Gasteiger partial charge is 0.327 e. The van der Waals surface area contributed by atoms with Crippen molar-refractivity contribution in [3.63, 3.8) is 0 Å². The molecule has 0 atom stereocenters. The molecule has 0 fully saturated rings. The van der Waals surface area contributed by atoms with E-state index in [1.165, 1.54) is 0 Å². The van der Waals surface area contributed by atoms with E-state index in [-0.39, 0.29) is 18.2 Å². The highest BCUT2D eigenvalue weighted by Crippen LogP contribution is 2.12. The van der Waals surface area contributed by atoms with Crippen LogP contribution in [0.15, 0.2) is 30.3 Å². The van der Waals surface area contributed by atoms with E-state index < -0.39 is 17.9 Å². The Kier molecular flexibility index (Phi) is 6.66. The van der Waals surface area contributed by atoms with Crippen molar-refractivity contribution in [3.05, 3.63) is 30.3 Å². The Hall–Kier alpha value is -1.95. The molecule has 0 aromatic heterocycles. The van der Waals surface area contributed by atoms with Crippen LogP contribution < -0.4 is 5.32 Å². The van der Waals surface area contributed by atoms with Crippen LogP contribution in [-0.2, 0) is 19.1 Å². The van der Waals surface area contributed by atoms with E-state index in [9.17, 15) is 9.59 Å². The lowest BCUT2D eigenvalue weighted by molar-refractivity contribution is -0.157. The monoisotopic (exact) mass is 295 g/mol. The number of thiocarbonyl (C=S) groups is 1. The van der Waals surface area contributed by atoms with E-state index in [0.717, 1.165) is 0 Å².